The predicted octanol–water partition coefficient (Wildman–Crippen LogP) is -0.145. The van der Waals surface area contributed by atoms with E-state index in [-0.39, 0.29) is 11.3 Å². The summed E-state index contributed by atoms with van der Waals surface area (Å²) in [4.78, 5) is 0. The van der Waals surface area contributed by atoms with Crippen LogP contribution in [0.4, 0.5) is 0 Å². The summed E-state index contributed by atoms with van der Waals surface area (Å²) in [6.45, 7) is 1.95. The van der Waals surface area contributed by atoms with Crippen molar-refractivity contribution >= 4 is 10.8 Å². The summed E-state index contributed by atoms with van der Waals surface area (Å²) < 4.78 is 10.8. The van der Waals surface area contributed by atoms with Gasteiger partial charge in [0.25, 0.3) is 0 Å². The molecular weight excluding hydrogens is 122 g/mol. The monoisotopic (exact) mass is 133 g/mol. The van der Waals surface area contributed by atoms with Crippen molar-refractivity contribution in [3.63, 3.8) is 0 Å². The minimum Gasteiger partial charge on any atom is -0.327 e. The Hall–Kier alpha value is 0.110. The summed E-state index contributed by atoms with van der Waals surface area (Å²) in [5.41, 5.74) is 5.58. The predicted molar refractivity (Wildman–Crippen MR) is 35.1 cm³/mol. The first-order chi connectivity index (χ1) is 3.72. The SMILES string of the molecule is CC1C(N)CCS1=O. The van der Waals surface area contributed by atoms with Gasteiger partial charge in [0.15, 0.2) is 0 Å². The summed E-state index contributed by atoms with van der Waals surface area (Å²) in [6.07, 6.45) is 0.938. The molecule has 1 aliphatic heterocycles. The molecule has 1 heterocycles. The van der Waals surface area contributed by atoms with Crippen LogP contribution in [0.2, 0.25) is 0 Å². The first kappa shape index (κ1) is 6.23. The average Bonchev–Trinajstić information content (AvgIpc) is 1.98. The van der Waals surface area contributed by atoms with Crippen LogP contribution >= 0.6 is 0 Å². The van der Waals surface area contributed by atoms with Crippen LogP contribution in [0.25, 0.3) is 0 Å². The topological polar surface area (TPSA) is 43.1 Å². The van der Waals surface area contributed by atoms with Crippen LogP contribution in [-0.4, -0.2) is 21.3 Å². The van der Waals surface area contributed by atoms with Gasteiger partial charge < -0.3 is 5.73 Å². The molecule has 2 N–H and O–H groups in total. The van der Waals surface area contributed by atoms with Crippen molar-refractivity contribution in [1.82, 2.24) is 0 Å². The zero-order chi connectivity index (χ0) is 6.15. The van der Waals surface area contributed by atoms with E-state index >= 15 is 0 Å². The number of nitrogens with two attached hydrogens (primary N) is 1. The second-order valence-electron chi connectivity index (χ2n) is 2.24. The first-order valence-electron chi connectivity index (χ1n) is 2.84. The summed E-state index contributed by atoms with van der Waals surface area (Å²) in [7, 11) is -0.623. The molecule has 0 saturated carbocycles. The van der Waals surface area contributed by atoms with Crippen LogP contribution in [0.5, 0.6) is 0 Å². The van der Waals surface area contributed by atoms with E-state index in [9.17, 15) is 4.21 Å². The van der Waals surface area contributed by atoms with Crippen molar-refractivity contribution in [3.8, 4) is 0 Å². The molecule has 1 fully saturated rings. The highest BCUT2D eigenvalue weighted by molar-refractivity contribution is 7.85. The first-order valence-corrected chi connectivity index (χ1v) is 4.23. The lowest BCUT2D eigenvalue weighted by Gasteiger charge is -2.04. The molecule has 8 heavy (non-hydrogen) atoms. The van der Waals surface area contributed by atoms with Gasteiger partial charge in [-0.2, -0.15) is 0 Å². The molecule has 1 rings (SSSR count). The summed E-state index contributed by atoms with van der Waals surface area (Å²) in [6, 6.07) is 0.191. The molecule has 1 aliphatic rings. The van der Waals surface area contributed by atoms with Crippen molar-refractivity contribution in [2.45, 2.75) is 24.6 Å². The Morgan fingerprint density at radius 1 is 1.75 bits per heavy atom. The maximum absolute atomic E-state index is 10.8. The molecule has 3 unspecified atom stereocenters. The van der Waals surface area contributed by atoms with Crippen molar-refractivity contribution < 1.29 is 4.21 Å². The second kappa shape index (κ2) is 2.15. The maximum atomic E-state index is 10.8. The van der Waals surface area contributed by atoms with Crippen LogP contribution in [0.3, 0.4) is 0 Å². The lowest BCUT2D eigenvalue weighted by Crippen LogP contribution is -2.27. The van der Waals surface area contributed by atoms with Gasteiger partial charge >= 0.3 is 0 Å². The van der Waals surface area contributed by atoms with Crippen molar-refractivity contribution in [1.29, 1.82) is 0 Å². The Kier molecular flexibility index (Phi) is 1.68. The number of hydrogen-bond acceptors (Lipinski definition) is 2. The molecular formula is C5H11NOS. The lowest BCUT2D eigenvalue weighted by molar-refractivity contribution is 0.657. The number of rotatable bonds is 0. The van der Waals surface area contributed by atoms with Crippen LogP contribution in [0.1, 0.15) is 13.3 Å². The molecule has 0 radical (unpaired) electrons. The molecule has 0 amide bonds. The largest absolute Gasteiger partial charge is 0.327 e. The van der Waals surface area contributed by atoms with E-state index in [1.165, 1.54) is 0 Å². The van der Waals surface area contributed by atoms with Gasteiger partial charge in [-0.3, -0.25) is 4.21 Å². The summed E-state index contributed by atoms with van der Waals surface area (Å²) >= 11 is 0. The zero-order valence-electron chi connectivity index (χ0n) is 4.96. The van der Waals surface area contributed by atoms with E-state index < -0.39 is 10.8 Å². The molecule has 0 aromatic rings. The van der Waals surface area contributed by atoms with Crippen LogP contribution in [0.15, 0.2) is 0 Å². The van der Waals surface area contributed by atoms with Crippen LogP contribution in [0, 0.1) is 0 Å². The molecule has 0 bridgehead atoms. The van der Waals surface area contributed by atoms with Gasteiger partial charge in [-0.15, -0.1) is 0 Å². The standard InChI is InChI=1S/C5H11NOS/c1-4-5(6)2-3-8(4)7/h4-5H,2-3,6H2,1H3. The van der Waals surface area contributed by atoms with Gasteiger partial charge in [0.05, 0.1) is 0 Å². The second-order valence-corrected chi connectivity index (χ2v) is 4.16. The molecule has 48 valence electrons. The van der Waals surface area contributed by atoms with E-state index in [4.69, 9.17) is 5.73 Å². The molecule has 3 atom stereocenters. The Balaban J connectivity index is 2.56. The minimum atomic E-state index is -0.623. The van der Waals surface area contributed by atoms with Gasteiger partial charge in [-0.05, 0) is 13.3 Å². The Labute approximate surface area is 51.9 Å². The number of hydrogen-bond donors (Lipinski definition) is 1. The van der Waals surface area contributed by atoms with E-state index in [1.807, 2.05) is 6.92 Å². The summed E-state index contributed by atoms with van der Waals surface area (Å²) in [5.74, 6) is 0.808. The Morgan fingerprint density at radius 3 is 2.50 bits per heavy atom. The van der Waals surface area contributed by atoms with Gasteiger partial charge in [0, 0.05) is 27.8 Å². The molecule has 0 spiro atoms. The third kappa shape index (κ3) is 0.928. The third-order valence-corrected chi connectivity index (χ3v) is 3.49. The fourth-order valence-electron chi connectivity index (χ4n) is 0.868. The van der Waals surface area contributed by atoms with E-state index in [0.29, 0.717) is 0 Å². The van der Waals surface area contributed by atoms with Gasteiger partial charge in [-0.1, -0.05) is 0 Å². The zero-order valence-corrected chi connectivity index (χ0v) is 5.78. The Bertz CT molecular complexity index is 115. The molecule has 2 nitrogen and oxygen atoms in total. The molecule has 0 aliphatic carbocycles. The fourth-order valence-corrected chi connectivity index (χ4v) is 2.27. The fraction of sp³-hybridized carbons (Fsp3) is 1.00. The normalized spacial score (nSPS) is 47.5. The molecule has 0 aromatic heterocycles. The third-order valence-electron chi connectivity index (χ3n) is 1.67. The van der Waals surface area contributed by atoms with E-state index in [2.05, 4.69) is 0 Å². The van der Waals surface area contributed by atoms with Crippen LogP contribution in [-0.2, 0) is 10.8 Å². The quantitative estimate of drug-likeness (QED) is 0.499. The maximum Gasteiger partial charge on any atom is 0.0471 e. The highest BCUT2D eigenvalue weighted by atomic mass is 32.2. The van der Waals surface area contributed by atoms with Crippen molar-refractivity contribution in [3.05, 3.63) is 0 Å². The molecule has 1 saturated heterocycles. The smallest absolute Gasteiger partial charge is 0.0471 e. The van der Waals surface area contributed by atoms with Crippen molar-refractivity contribution in [2.24, 2.45) is 5.73 Å². The van der Waals surface area contributed by atoms with E-state index in [1.54, 1.807) is 0 Å². The van der Waals surface area contributed by atoms with Gasteiger partial charge in [-0.25, -0.2) is 0 Å². The lowest BCUT2D eigenvalue weighted by atomic mass is 10.2. The van der Waals surface area contributed by atoms with E-state index in [0.717, 1.165) is 12.2 Å². The highest BCUT2D eigenvalue weighted by Crippen LogP contribution is 2.13. The van der Waals surface area contributed by atoms with Crippen molar-refractivity contribution in [2.75, 3.05) is 5.75 Å². The van der Waals surface area contributed by atoms with Crippen LogP contribution < -0.4 is 5.73 Å². The average molecular weight is 133 g/mol. The minimum absolute atomic E-state index is 0.191. The van der Waals surface area contributed by atoms with Gasteiger partial charge in [0.2, 0.25) is 0 Å². The van der Waals surface area contributed by atoms with Gasteiger partial charge in [0.1, 0.15) is 0 Å². The Morgan fingerprint density at radius 2 is 2.38 bits per heavy atom. The molecule has 0 aromatic carbocycles. The summed E-state index contributed by atoms with van der Waals surface area (Å²) in [5, 5.41) is 0.231. The molecule has 3 heteroatoms. The highest BCUT2D eigenvalue weighted by Gasteiger charge is 2.25.